The molecule has 0 aliphatic heterocycles. The van der Waals surface area contributed by atoms with Gasteiger partial charge in [0.15, 0.2) is 5.13 Å². The molecule has 2 N–H and O–H groups in total. The van der Waals surface area contributed by atoms with E-state index in [1.54, 1.807) is 18.2 Å². The van der Waals surface area contributed by atoms with Gasteiger partial charge in [0, 0.05) is 17.2 Å². The number of benzene rings is 3. The molecule has 0 saturated heterocycles. The molecule has 0 atom stereocenters. The summed E-state index contributed by atoms with van der Waals surface area (Å²) in [4.78, 5) is 29.6. The summed E-state index contributed by atoms with van der Waals surface area (Å²) in [6, 6.07) is 28.1. The Morgan fingerprint density at radius 3 is 2.06 bits per heavy atom. The van der Waals surface area contributed by atoms with Gasteiger partial charge in [0.05, 0.1) is 0 Å². The Balaban J connectivity index is 1.57. The van der Waals surface area contributed by atoms with Gasteiger partial charge in [-0.2, -0.15) is 0 Å². The molecule has 5 nitrogen and oxygen atoms in total. The molecule has 6 heteroatoms. The number of hydrogen-bond acceptors (Lipinski definition) is 4. The largest absolute Gasteiger partial charge is 0.312 e. The summed E-state index contributed by atoms with van der Waals surface area (Å²) < 4.78 is 0. The molecule has 31 heavy (non-hydrogen) atoms. The van der Waals surface area contributed by atoms with Crippen LogP contribution in [0.3, 0.4) is 0 Å². The number of carbonyl (C=O) groups is 2. The number of nitrogens with zero attached hydrogens (tertiary/aromatic N) is 1. The molecule has 0 bridgehead atoms. The van der Waals surface area contributed by atoms with Crippen molar-refractivity contribution in [1.82, 2.24) is 4.98 Å². The van der Waals surface area contributed by atoms with Crippen LogP contribution in [0.25, 0.3) is 17.3 Å². The zero-order chi connectivity index (χ0) is 21.5. The van der Waals surface area contributed by atoms with Gasteiger partial charge in [-0.1, -0.05) is 90.2 Å². The molecule has 0 spiro atoms. The Hall–Kier alpha value is -4.03. The summed E-state index contributed by atoms with van der Waals surface area (Å²) in [5, 5.41) is 6.69. The second-order valence-corrected chi connectivity index (χ2v) is 7.62. The van der Waals surface area contributed by atoms with Crippen LogP contribution in [-0.2, 0) is 4.79 Å². The Morgan fingerprint density at radius 2 is 1.39 bits per heavy atom. The third kappa shape index (κ3) is 5.32. The van der Waals surface area contributed by atoms with E-state index in [2.05, 4.69) is 15.6 Å². The fraction of sp³-hybridized carbons (Fsp3) is 0. The summed E-state index contributed by atoms with van der Waals surface area (Å²) in [5.41, 5.74) is 2.93. The Kier molecular flexibility index (Phi) is 6.30. The van der Waals surface area contributed by atoms with Crippen LogP contribution in [0.15, 0.2) is 97.1 Å². The highest BCUT2D eigenvalue weighted by Gasteiger charge is 2.17. The molecule has 0 aliphatic rings. The molecular weight excluding hydrogens is 406 g/mol. The van der Waals surface area contributed by atoms with Gasteiger partial charge in [0.25, 0.3) is 5.91 Å². The number of hydrogen-bond donors (Lipinski definition) is 2. The molecule has 152 valence electrons. The van der Waals surface area contributed by atoms with E-state index in [1.807, 2.05) is 78.9 Å². The van der Waals surface area contributed by atoms with Gasteiger partial charge < -0.3 is 5.32 Å². The number of rotatable bonds is 6. The maximum absolute atomic E-state index is 12.7. The lowest BCUT2D eigenvalue weighted by Crippen LogP contribution is -2.11. The smallest absolute Gasteiger partial charge is 0.256 e. The third-order valence-corrected chi connectivity index (χ3v) is 5.28. The average Bonchev–Trinajstić information content (AvgIpc) is 3.21. The van der Waals surface area contributed by atoms with Crippen molar-refractivity contribution in [3.63, 3.8) is 0 Å². The fourth-order valence-corrected chi connectivity index (χ4v) is 3.78. The predicted molar refractivity (Wildman–Crippen MR) is 126 cm³/mol. The third-order valence-electron chi connectivity index (χ3n) is 4.39. The minimum Gasteiger partial charge on any atom is -0.312 e. The monoisotopic (exact) mass is 425 g/mol. The van der Waals surface area contributed by atoms with Gasteiger partial charge in [0.1, 0.15) is 10.7 Å². The van der Waals surface area contributed by atoms with E-state index in [1.165, 1.54) is 17.4 Å². The van der Waals surface area contributed by atoms with E-state index >= 15 is 0 Å². The second-order valence-electron chi connectivity index (χ2n) is 6.62. The van der Waals surface area contributed by atoms with Crippen LogP contribution in [0.4, 0.5) is 10.1 Å². The van der Waals surface area contributed by atoms with E-state index in [4.69, 9.17) is 0 Å². The summed E-state index contributed by atoms with van der Waals surface area (Å²) in [5.74, 6) is -0.526. The molecule has 3 aromatic carbocycles. The van der Waals surface area contributed by atoms with E-state index in [-0.39, 0.29) is 11.8 Å². The number of carbonyl (C=O) groups excluding carboxylic acids is 2. The lowest BCUT2D eigenvalue weighted by atomic mass is 10.1. The van der Waals surface area contributed by atoms with Crippen molar-refractivity contribution in [1.29, 1.82) is 0 Å². The molecule has 0 unspecified atom stereocenters. The van der Waals surface area contributed by atoms with Crippen molar-refractivity contribution < 1.29 is 9.59 Å². The minimum atomic E-state index is -0.293. The van der Waals surface area contributed by atoms with Crippen molar-refractivity contribution in [3.8, 4) is 11.3 Å². The van der Waals surface area contributed by atoms with Gasteiger partial charge in [-0.15, -0.1) is 0 Å². The van der Waals surface area contributed by atoms with Crippen molar-refractivity contribution in [2.45, 2.75) is 0 Å². The molecule has 4 rings (SSSR count). The summed E-state index contributed by atoms with van der Waals surface area (Å²) >= 11 is 1.22. The quantitative estimate of drug-likeness (QED) is 0.389. The standard InChI is InChI=1S/C25H19N3O2S/c29-21(17-16-18-10-4-1-5-11-18)26-25-27-22(19-12-6-2-7-13-19)24(31-25)28-23(30)20-14-8-3-9-15-20/h1-17H,(H,28,30)(H,26,27,29). The minimum absolute atomic E-state index is 0.233. The zero-order valence-corrected chi connectivity index (χ0v) is 17.3. The molecular formula is C25H19N3O2S. The molecule has 4 aromatic rings. The molecule has 0 aliphatic carbocycles. The maximum atomic E-state index is 12.7. The topological polar surface area (TPSA) is 71.1 Å². The maximum Gasteiger partial charge on any atom is 0.256 e. The van der Waals surface area contributed by atoms with Crippen LogP contribution in [0, 0.1) is 0 Å². The summed E-state index contributed by atoms with van der Waals surface area (Å²) in [6.07, 6.45) is 3.19. The highest BCUT2D eigenvalue weighted by Crippen LogP contribution is 2.36. The van der Waals surface area contributed by atoms with Crippen LogP contribution in [0.5, 0.6) is 0 Å². The lowest BCUT2D eigenvalue weighted by molar-refractivity contribution is -0.111. The van der Waals surface area contributed by atoms with E-state index < -0.39 is 0 Å². The van der Waals surface area contributed by atoms with Crippen molar-refractivity contribution >= 4 is 39.4 Å². The molecule has 0 radical (unpaired) electrons. The number of anilines is 2. The van der Waals surface area contributed by atoms with Gasteiger partial charge in [0.2, 0.25) is 5.91 Å². The number of nitrogens with one attached hydrogen (secondary N) is 2. The first-order valence-electron chi connectivity index (χ1n) is 9.66. The average molecular weight is 426 g/mol. The number of thiazole rings is 1. The van der Waals surface area contributed by atoms with E-state index in [0.29, 0.717) is 21.4 Å². The molecule has 1 aromatic heterocycles. The first-order chi connectivity index (χ1) is 15.2. The molecule has 0 saturated carbocycles. The lowest BCUT2D eigenvalue weighted by Gasteiger charge is -2.05. The molecule has 0 fully saturated rings. The van der Waals surface area contributed by atoms with Gasteiger partial charge in [-0.05, 0) is 23.8 Å². The van der Waals surface area contributed by atoms with Crippen LogP contribution in [0.1, 0.15) is 15.9 Å². The molecule has 2 amide bonds. The Bertz CT molecular complexity index is 1200. The number of amides is 2. The summed E-state index contributed by atoms with van der Waals surface area (Å²) in [7, 11) is 0. The van der Waals surface area contributed by atoms with Gasteiger partial charge in [-0.25, -0.2) is 4.98 Å². The Morgan fingerprint density at radius 1 is 0.774 bits per heavy atom. The highest BCUT2D eigenvalue weighted by molar-refractivity contribution is 7.20. The Labute approximate surface area is 184 Å². The summed E-state index contributed by atoms with van der Waals surface area (Å²) in [6.45, 7) is 0. The zero-order valence-electron chi connectivity index (χ0n) is 16.5. The number of aromatic nitrogens is 1. The van der Waals surface area contributed by atoms with Gasteiger partial charge in [-0.3, -0.25) is 14.9 Å². The first-order valence-corrected chi connectivity index (χ1v) is 10.5. The normalized spacial score (nSPS) is 10.7. The predicted octanol–water partition coefficient (Wildman–Crippen LogP) is 5.71. The first kappa shape index (κ1) is 20.3. The van der Waals surface area contributed by atoms with Gasteiger partial charge >= 0.3 is 0 Å². The SMILES string of the molecule is O=C(C=Cc1ccccc1)Nc1nc(-c2ccccc2)c(NC(=O)c2ccccc2)s1. The highest BCUT2D eigenvalue weighted by atomic mass is 32.1. The van der Waals surface area contributed by atoms with E-state index in [0.717, 1.165) is 11.1 Å². The van der Waals surface area contributed by atoms with Crippen LogP contribution >= 0.6 is 11.3 Å². The fourth-order valence-electron chi connectivity index (χ4n) is 2.90. The van der Waals surface area contributed by atoms with Crippen molar-refractivity contribution in [2.75, 3.05) is 10.6 Å². The second kappa shape index (κ2) is 9.65. The van der Waals surface area contributed by atoms with Crippen LogP contribution in [0.2, 0.25) is 0 Å². The van der Waals surface area contributed by atoms with Crippen molar-refractivity contribution in [3.05, 3.63) is 108 Å². The van der Waals surface area contributed by atoms with Crippen molar-refractivity contribution in [2.24, 2.45) is 0 Å². The molecule has 1 heterocycles. The van der Waals surface area contributed by atoms with E-state index in [9.17, 15) is 9.59 Å². The van der Waals surface area contributed by atoms with Crippen LogP contribution < -0.4 is 10.6 Å². The van der Waals surface area contributed by atoms with Crippen LogP contribution in [-0.4, -0.2) is 16.8 Å².